The minimum absolute atomic E-state index is 0.0860. The Morgan fingerprint density at radius 1 is 1.16 bits per heavy atom. The van der Waals surface area contributed by atoms with Crippen molar-refractivity contribution in [2.75, 3.05) is 5.75 Å². The fourth-order valence-electron chi connectivity index (χ4n) is 2.36. The van der Waals surface area contributed by atoms with Gasteiger partial charge in [0.1, 0.15) is 11.4 Å². The highest BCUT2D eigenvalue weighted by molar-refractivity contribution is 9.11. The van der Waals surface area contributed by atoms with Gasteiger partial charge in [0.05, 0.1) is 31.7 Å². The van der Waals surface area contributed by atoms with Crippen molar-refractivity contribution in [1.29, 1.82) is 0 Å². The van der Waals surface area contributed by atoms with E-state index in [0.717, 1.165) is 30.4 Å². The van der Waals surface area contributed by atoms with Crippen LogP contribution in [0.4, 0.5) is 0 Å². The van der Waals surface area contributed by atoms with Gasteiger partial charge < -0.3 is 0 Å². The summed E-state index contributed by atoms with van der Waals surface area (Å²) in [5, 5.41) is 6.03. The molecule has 1 aromatic carbocycles. The summed E-state index contributed by atoms with van der Waals surface area (Å²) in [5.74, 6) is 0.415. The van der Waals surface area contributed by atoms with Crippen LogP contribution in [0.2, 0.25) is 0 Å². The molecule has 0 aliphatic carbocycles. The number of carbonyl (C=O) groups is 1. The summed E-state index contributed by atoms with van der Waals surface area (Å²) < 4.78 is 2.73. The summed E-state index contributed by atoms with van der Waals surface area (Å²) in [7, 11) is 0. The van der Waals surface area contributed by atoms with Gasteiger partial charge in [0.25, 0.3) is 0 Å². The minimum atomic E-state index is 0.0860. The number of thiophene rings is 1. The second kappa shape index (κ2) is 7.07. The number of aromatic nitrogens is 4. The van der Waals surface area contributed by atoms with Crippen molar-refractivity contribution in [3.8, 4) is 5.69 Å². The van der Waals surface area contributed by atoms with Gasteiger partial charge in [-0.25, -0.2) is 14.6 Å². The lowest BCUT2D eigenvalue weighted by atomic mass is 10.3. The van der Waals surface area contributed by atoms with Crippen molar-refractivity contribution in [1.82, 2.24) is 19.7 Å². The van der Waals surface area contributed by atoms with Crippen molar-refractivity contribution in [2.24, 2.45) is 0 Å². The minimum Gasteiger partial charge on any atom is -0.292 e. The molecular formula is C17H11BrN4OS2. The van der Waals surface area contributed by atoms with Crippen LogP contribution in [0.3, 0.4) is 0 Å². The van der Waals surface area contributed by atoms with E-state index in [9.17, 15) is 4.79 Å². The summed E-state index contributed by atoms with van der Waals surface area (Å²) in [5.41, 5.74) is 1.67. The third kappa shape index (κ3) is 3.37. The van der Waals surface area contributed by atoms with Crippen LogP contribution < -0.4 is 0 Å². The average Bonchev–Trinajstić information content (AvgIpc) is 3.27. The molecule has 0 radical (unpaired) electrons. The van der Waals surface area contributed by atoms with E-state index in [4.69, 9.17) is 0 Å². The van der Waals surface area contributed by atoms with Gasteiger partial charge in [-0.05, 0) is 40.2 Å². The highest BCUT2D eigenvalue weighted by Crippen LogP contribution is 2.28. The molecule has 25 heavy (non-hydrogen) atoms. The zero-order valence-corrected chi connectivity index (χ0v) is 16.0. The molecule has 4 aromatic rings. The number of ketones is 1. The molecule has 0 spiro atoms. The number of halogens is 1. The molecule has 124 valence electrons. The number of nitrogens with zero attached hydrogens (tertiary/aromatic N) is 4. The van der Waals surface area contributed by atoms with Crippen molar-refractivity contribution in [3.63, 3.8) is 0 Å². The predicted octanol–water partition coefficient (Wildman–Crippen LogP) is 4.61. The molecule has 3 aromatic heterocycles. The molecule has 8 heteroatoms. The number of para-hydroxylation sites is 1. The Morgan fingerprint density at radius 3 is 2.76 bits per heavy atom. The van der Waals surface area contributed by atoms with Gasteiger partial charge in [-0.2, -0.15) is 5.10 Å². The molecule has 4 rings (SSSR count). The molecule has 0 atom stereocenters. The van der Waals surface area contributed by atoms with Gasteiger partial charge in [-0.15, -0.1) is 11.3 Å². The number of rotatable bonds is 5. The monoisotopic (exact) mass is 430 g/mol. The van der Waals surface area contributed by atoms with Crippen LogP contribution >= 0.6 is 39.0 Å². The number of fused-ring (bicyclic) bond motifs is 1. The van der Waals surface area contributed by atoms with Crippen molar-refractivity contribution < 1.29 is 4.79 Å². The van der Waals surface area contributed by atoms with Crippen LogP contribution in [-0.2, 0) is 0 Å². The van der Waals surface area contributed by atoms with Crippen LogP contribution in [0.25, 0.3) is 16.7 Å². The van der Waals surface area contributed by atoms with E-state index >= 15 is 0 Å². The van der Waals surface area contributed by atoms with Gasteiger partial charge in [0.15, 0.2) is 11.4 Å². The number of hydrogen-bond acceptors (Lipinski definition) is 6. The lowest BCUT2D eigenvalue weighted by Gasteiger charge is -2.03. The molecule has 0 aliphatic heterocycles. The Labute approximate surface area is 160 Å². The summed E-state index contributed by atoms with van der Waals surface area (Å²) in [6.07, 6.45) is 3.26. The molecule has 0 unspecified atom stereocenters. The Bertz CT molecular complexity index is 1050. The third-order valence-electron chi connectivity index (χ3n) is 3.52. The fourth-order valence-corrected chi connectivity index (χ4v) is 4.62. The van der Waals surface area contributed by atoms with E-state index in [-0.39, 0.29) is 5.78 Å². The first kappa shape index (κ1) is 16.4. The highest BCUT2D eigenvalue weighted by Gasteiger charge is 2.14. The van der Waals surface area contributed by atoms with Crippen LogP contribution in [0.15, 0.2) is 63.8 Å². The molecule has 0 N–H and O–H groups in total. The number of benzene rings is 1. The van der Waals surface area contributed by atoms with E-state index < -0.39 is 0 Å². The maximum absolute atomic E-state index is 12.3. The number of carbonyl (C=O) groups excluding carboxylic acids is 1. The Balaban J connectivity index is 1.61. The van der Waals surface area contributed by atoms with Gasteiger partial charge in [-0.3, -0.25) is 4.79 Å². The Morgan fingerprint density at radius 2 is 2.00 bits per heavy atom. The molecule has 0 amide bonds. The standard InChI is InChI=1S/C17H11BrN4OS2/c18-15-7-6-14(25-15)13(23)9-24-17-12-8-21-22(16(12)19-10-20-17)11-4-2-1-3-5-11/h1-8,10H,9H2. The zero-order chi connectivity index (χ0) is 17.2. The van der Waals surface area contributed by atoms with Gasteiger partial charge in [0, 0.05) is 0 Å². The van der Waals surface area contributed by atoms with Crippen LogP contribution in [0, 0.1) is 0 Å². The van der Waals surface area contributed by atoms with Crippen molar-refractivity contribution in [3.05, 3.63) is 63.7 Å². The number of thioether (sulfide) groups is 1. The zero-order valence-electron chi connectivity index (χ0n) is 12.8. The van der Waals surface area contributed by atoms with Gasteiger partial charge in [-0.1, -0.05) is 30.0 Å². The molecule has 0 fully saturated rings. The van der Waals surface area contributed by atoms with Crippen LogP contribution in [0.5, 0.6) is 0 Å². The second-order valence-electron chi connectivity index (χ2n) is 5.12. The summed E-state index contributed by atoms with van der Waals surface area (Å²) >= 11 is 6.23. The summed E-state index contributed by atoms with van der Waals surface area (Å²) in [6, 6.07) is 13.5. The topological polar surface area (TPSA) is 60.7 Å². The second-order valence-corrected chi connectivity index (χ2v) is 8.55. The van der Waals surface area contributed by atoms with E-state index in [0.29, 0.717) is 5.75 Å². The first-order chi connectivity index (χ1) is 12.2. The first-order valence-electron chi connectivity index (χ1n) is 7.38. The smallest absolute Gasteiger partial charge is 0.183 e. The molecular weight excluding hydrogens is 420 g/mol. The molecule has 5 nitrogen and oxygen atoms in total. The van der Waals surface area contributed by atoms with E-state index in [1.54, 1.807) is 10.9 Å². The quantitative estimate of drug-likeness (QED) is 0.262. The largest absolute Gasteiger partial charge is 0.292 e. The molecule has 0 aliphatic rings. The number of hydrogen-bond donors (Lipinski definition) is 0. The molecule has 3 heterocycles. The summed E-state index contributed by atoms with van der Waals surface area (Å²) in [6.45, 7) is 0. The Kier molecular flexibility index (Phi) is 4.65. The SMILES string of the molecule is O=C(CSc1ncnc2c1cnn2-c1ccccc1)c1ccc(Br)s1. The lowest BCUT2D eigenvalue weighted by Crippen LogP contribution is -2.00. The maximum atomic E-state index is 12.3. The van der Waals surface area contributed by atoms with Crippen LogP contribution in [-0.4, -0.2) is 31.3 Å². The van der Waals surface area contributed by atoms with Crippen LogP contribution in [0.1, 0.15) is 9.67 Å². The normalized spacial score (nSPS) is 11.1. The van der Waals surface area contributed by atoms with Crippen molar-refractivity contribution in [2.45, 2.75) is 5.03 Å². The number of Topliss-reactive ketones (excluding diaryl/α,β-unsaturated/α-hetero) is 1. The highest BCUT2D eigenvalue weighted by atomic mass is 79.9. The first-order valence-corrected chi connectivity index (χ1v) is 9.97. The fraction of sp³-hybridized carbons (Fsp3) is 0.0588. The Hall–Kier alpha value is -2.03. The maximum Gasteiger partial charge on any atom is 0.183 e. The lowest BCUT2D eigenvalue weighted by molar-refractivity contribution is 0.102. The average molecular weight is 431 g/mol. The predicted molar refractivity (Wildman–Crippen MR) is 104 cm³/mol. The van der Waals surface area contributed by atoms with Gasteiger partial charge in [0.2, 0.25) is 0 Å². The molecule has 0 saturated carbocycles. The molecule has 0 saturated heterocycles. The van der Waals surface area contributed by atoms with E-state index in [1.807, 2.05) is 42.5 Å². The molecule has 0 bridgehead atoms. The third-order valence-corrected chi connectivity index (χ3v) is 6.19. The van der Waals surface area contributed by atoms with Gasteiger partial charge >= 0.3 is 0 Å². The summed E-state index contributed by atoms with van der Waals surface area (Å²) in [4.78, 5) is 21.7. The van der Waals surface area contributed by atoms with Crippen molar-refractivity contribution >= 4 is 55.8 Å². The van der Waals surface area contributed by atoms with E-state index in [1.165, 1.54) is 29.4 Å². The van der Waals surface area contributed by atoms with E-state index in [2.05, 4.69) is 31.0 Å².